The first-order valence-corrected chi connectivity index (χ1v) is 15.2. The molecule has 5 unspecified atom stereocenters. The summed E-state index contributed by atoms with van der Waals surface area (Å²) in [5.41, 5.74) is 3.06. The first kappa shape index (κ1) is 33.6. The number of fused-ring (bicyclic) bond motifs is 1. The van der Waals surface area contributed by atoms with E-state index in [0.29, 0.717) is 23.8 Å². The second-order valence-corrected chi connectivity index (χ2v) is 12.3. The fourth-order valence-electron chi connectivity index (χ4n) is 6.96. The third kappa shape index (κ3) is 8.45. The highest BCUT2D eigenvalue weighted by Crippen LogP contribution is 2.55. The number of hydrogen-bond acceptors (Lipinski definition) is 2. The molecule has 0 bridgehead atoms. The van der Waals surface area contributed by atoms with Crippen LogP contribution in [0.5, 0.6) is 0 Å². The van der Waals surface area contributed by atoms with E-state index >= 15 is 0 Å². The number of hydrogen-bond donors (Lipinski definition) is 2. The fraction of sp³-hybridized carbons (Fsp3) is 0.706. The summed E-state index contributed by atoms with van der Waals surface area (Å²) in [6.45, 7) is 17.5. The van der Waals surface area contributed by atoms with Gasteiger partial charge in [-0.25, -0.2) is 0 Å². The summed E-state index contributed by atoms with van der Waals surface area (Å²) in [6, 6.07) is 0. The van der Waals surface area contributed by atoms with Crippen LogP contribution in [0.1, 0.15) is 118 Å². The summed E-state index contributed by atoms with van der Waals surface area (Å²) in [7, 11) is 0. The largest absolute Gasteiger partial charge is 0.417 e. The van der Waals surface area contributed by atoms with Gasteiger partial charge < -0.3 is 10.2 Å². The molecule has 3 rings (SSSR count). The number of allylic oxidation sites excluding steroid dienone is 5. The minimum Gasteiger partial charge on any atom is -0.388 e. The number of halogens is 3. The molecule has 0 aromatic rings. The van der Waals surface area contributed by atoms with Crippen molar-refractivity contribution in [1.29, 1.82) is 0 Å². The Bertz CT molecular complexity index is 937. The molecule has 2 nitrogen and oxygen atoms in total. The van der Waals surface area contributed by atoms with Crippen molar-refractivity contribution in [1.82, 2.24) is 0 Å². The number of aliphatic hydroxyl groups excluding tert-OH is 1. The lowest BCUT2D eigenvalue weighted by atomic mass is 9.55. The average molecular weight is 551 g/mol. The van der Waals surface area contributed by atoms with Crippen LogP contribution >= 0.6 is 0 Å². The Morgan fingerprint density at radius 3 is 2.51 bits per heavy atom. The third-order valence-corrected chi connectivity index (χ3v) is 9.25. The second-order valence-electron chi connectivity index (χ2n) is 12.3. The van der Waals surface area contributed by atoms with Gasteiger partial charge in [0.2, 0.25) is 0 Å². The van der Waals surface area contributed by atoms with Crippen molar-refractivity contribution < 1.29 is 23.4 Å². The predicted octanol–water partition coefficient (Wildman–Crippen LogP) is 9.95. The second kappa shape index (κ2) is 14.3. The molecule has 39 heavy (non-hydrogen) atoms. The molecule has 0 radical (unpaired) electrons. The van der Waals surface area contributed by atoms with Gasteiger partial charge in [0.25, 0.3) is 0 Å². The minimum atomic E-state index is -4.64. The molecule has 2 N–H and O–H groups in total. The van der Waals surface area contributed by atoms with E-state index in [1.54, 1.807) is 5.57 Å². The summed E-state index contributed by atoms with van der Waals surface area (Å²) in [5.74, 6) is 0.969. The first-order valence-electron chi connectivity index (χ1n) is 15.2. The molecule has 0 saturated heterocycles. The molecule has 0 amide bonds. The molecule has 0 spiro atoms. The van der Waals surface area contributed by atoms with Gasteiger partial charge >= 0.3 is 6.18 Å². The lowest BCUT2D eigenvalue weighted by molar-refractivity contribution is -0.252. The summed E-state index contributed by atoms with van der Waals surface area (Å²) < 4.78 is 38.9. The number of rotatable bonds is 9. The van der Waals surface area contributed by atoms with Gasteiger partial charge in [0, 0.05) is 6.42 Å². The van der Waals surface area contributed by atoms with Crippen molar-refractivity contribution in [3.8, 4) is 0 Å². The summed E-state index contributed by atoms with van der Waals surface area (Å²) >= 11 is 0. The molecule has 2 fully saturated rings. The highest BCUT2D eigenvalue weighted by molar-refractivity contribution is 5.38. The SMILES string of the molecule is C=C(CCCCC(C)C1=CCCC2/C(=C/C=C3/CCCC(O)C3=C)CCCC12C)CC(C)(O)C(F)(F)F.CC. The molecule has 3 aliphatic carbocycles. The van der Waals surface area contributed by atoms with E-state index < -0.39 is 24.3 Å². The molecule has 3 aliphatic rings. The quantitative estimate of drug-likeness (QED) is 0.221. The van der Waals surface area contributed by atoms with E-state index in [2.05, 4.69) is 45.2 Å². The summed E-state index contributed by atoms with van der Waals surface area (Å²) in [5, 5.41) is 19.9. The van der Waals surface area contributed by atoms with Crippen LogP contribution in [-0.2, 0) is 0 Å². The third-order valence-electron chi connectivity index (χ3n) is 9.25. The van der Waals surface area contributed by atoms with Crippen LogP contribution in [0.25, 0.3) is 0 Å². The minimum absolute atomic E-state index is 0.151. The monoisotopic (exact) mass is 550 g/mol. The molecule has 0 aromatic carbocycles. The van der Waals surface area contributed by atoms with Crippen molar-refractivity contribution in [2.75, 3.05) is 0 Å². The van der Waals surface area contributed by atoms with Gasteiger partial charge in [-0.05, 0) is 106 Å². The van der Waals surface area contributed by atoms with E-state index in [1.807, 2.05) is 13.8 Å². The van der Waals surface area contributed by atoms with E-state index in [-0.39, 0.29) is 5.41 Å². The average Bonchev–Trinajstić information content (AvgIpc) is 2.87. The molecular weight excluding hydrogens is 497 g/mol. The van der Waals surface area contributed by atoms with Gasteiger partial charge in [-0.1, -0.05) is 82.2 Å². The van der Waals surface area contributed by atoms with Crippen LogP contribution in [0.15, 0.2) is 59.3 Å². The number of unbranched alkanes of at least 4 members (excludes halogenated alkanes) is 1. The van der Waals surface area contributed by atoms with Gasteiger partial charge in [0.1, 0.15) is 0 Å². The van der Waals surface area contributed by atoms with Gasteiger partial charge in [0.05, 0.1) is 6.10 Å². The summed E-state index contributed by atoms with van der Waals surface area (Å²) in [4.78, 5) is 0. The molecule has 0 aromatic heterocycles. The predicted molar refractivity (Wildman–Crippen MR) is 157 cm³/mol. The van der Waals surface area contributed by atoms with Gasteiger partial charge in [-0.15, -0.1) is 0 Å². The van der Waals surface area contributed by atoms with Crippen molar-refractivity contribution in [3.05, 3.63) is 59.3 Å². The number of aliphatic hydroxyl groups is 2. The Balaban J connectivity index is 0.00000260. The topological polar surface area (TPSA) is 40.5 Å². The van der Waals surface area contributed by atoms with E-state index in [9.17, 15) is 23.4 Å². The smallest absolute Gasteiger partial charge is 0.388 e. The normalized spacial score (nSPS) is 30.1. The van der Waals surface area contributed by atoms with Gasteiger partial charge in [-0.3, -0.25) is 0 Å². The molecule has 5 atom stereocenters. The number of alkyl halides is 3. The standard InChI is InChI=1S/C32H47F3O2.C2H6/c1-22(21-31(5,37)32(33,34)35)11-6-7-12-23(2)27-15-9-16-28-26(14-10-20-30(27,28)4)19-18-25-13-8-17-29(36)24(25)3;1-2/h15,18-19,23,28-29,36-37H,1,3,6-14,16-17,20-21H2,2,4-5H3;1-2H3/b25-18-,26-19+;. The zero-order valence-electron chi connectivity index (χ0n) is 25.1. The van der Waals surface area contributed by atoms with Crippen LogP contribution in [0.2, 0.25) is 0 Å². The van der Waals surface area contributed by atoms with Crippen LogP contribution in [0.3, 0.4) is 0 Å². The van der Waals surface area contributed by atoms with Crippen molar-refractivity contribution in [3.63, 3.8) is 0 Å². The molecule has 222 valence electrons. The van der Waals surface area contributed by atoms with Crippen LogP contribution in [-0.4, -0.2) is 28.1 Å². The van der Waals surface area contributed by atoms with Crippen LogP contribution in [0, 0.1) is 17.3 Å². The Kier molecular flexibility index (Phi) is 12.4. The lowest BCUT2D eigenvalue weighted by Gasteiger charge is -2.49. The maximum Gasteiger partial charge on any atom is 0.417 e. The van der Waals surface area contributed by atoms with E-state index in [0.717, 1.165) is 63.9 Å². The molecule has 5 heteroatoms. The Morgan fingerprint density at radius 1 is 1.15 bits per heavy atom. The molecule has 0 aliphatic heterocycles. The van der Waals surface area contributed by atoms with Crippen LogP contribution in [0.4, 0.5) is 13.2 Å². The maximum absolute atomic E-state index is 13.0. The maximum atomic E-state index is 13.0. The van der Waals surface area contributed by atoms with Crippen LogP contribution < -0.4 is 0 Å². The van der Waals surface area contributed by atoms with Crippen molar-refractivity contribution in [2.45, 2.75) is 136 Å². The summed E-state index contributed by atoms with van der Waals surface area (Å²) in [6.07, 6.45) is 13.3. The zero-order valence-corrected chi connectivity index (χ0v) is 25.1. The highest BCUT2D eigenvalue weighted by atomic mass is 19.4. The van der Waals surface area contributed by atoms with Gasteiger partial charge in [-0.2, -0.15) is 13.2 Å². The highest BCUT2D eigenvalue weighted by Gasteiger charge is 2.49. The molecule has 0 heterocycles. The fourth-order valence-corrected chi connectivity index (χ4v) is 6.96. The Hall–Kier alpha value is -1.59. The molecular formula is C34H53F3O2. The zero-order chi connectivity index (χ0) is 29.4. The Morgan fingerprint density at radius 2 is 1.85 bits per heavy atom. The van der Waals surface area contributed by atoms with E-state index in [1.165, 1.54) is 30.4 Å². The lowest BCUT2D eigenvalue weighted by Crippen LogP contribution is -2.42. The van der Waals surface area contributed by atoms with Crippen molar-refractivity contribution in [2.24, 2.45) is 17.3 Å². The van der Waals surface area contributed by atoms with Gasteiger partial charge in [0.15, 0.2) is 5.60 Å². The van der Waals surface area contributed by atoms with E-state index in [4.69, 9.17) is 0 Å². The first-order chi connectivity index (χ1) is 18.3. The Labute approximate surface area is 235 Å². The van der Waals surface area contributed by atoms with Crippen molar-refractivity contribution >= 4 is 0 Å². The molecule has 2 saturated carbocycles.